The maximum atomic E-state index is 5.41. The van der Waals surface area contributed by atoms with Gasteiger partial charge in [0.1, 0.15) is 11.5 Å². The Morgan fingerprint density at radius 2 is 2.04 bits per heavy atom. The van der Waals surface area contributed by atoms with Gasteiger partial charge in [-0.2, -0.15) is 0 Å². The number of methoxy groups -OCH3 is 1. The van der Waals surface area contributed by atoms with Crippen molar-refractivity contribution < 1.29 is 9.26 Å². The molecule has 0 atom stereocenters. The molecule has 150 valence electrons. The van der Waals surface area contributed by atoms with E-state index in [1.165, 1.54) is 5.56 Å². The molecule has 0 aliphatic rings. The average molecular weight is 486 g/mol. The molecule has 2 aromatic rings. The third-order valence-corrected chi connectivity index (χ3v) is 4.33. The lowest BCUT2D eigenvalue weighted by Crippen LogP contribution is -2.37. The van der Waals surface area contributed by atoms with Crippen LogP contribution in [-0.2, 0) is 25.8 Å². The highest BCUT2D eigenvalue weighted by Gasteiger charge is 2.13. The summed E-state index contributed by atoms with van der Waals surface area (Å²) in [6.45, 7) is 5.69. The monoisotopic (exact) mass is 486 g/mol. The molecular formula is C20H31IN4O2. The van der Waals surface area contributed by atoms with Crippen molar-refractivity contribution in [2.75, 3.05) is 20.7 Å². The van der Waals surface area contributed by atoms with Crippen molar-refractivity contribution in [1.82, 2.24) is 15.8 Å². The summed E-state index contributed by atoms with van der Waals surface area (Å²) in [5.74, 6) is 2.64. The largest absolute Gasteiger partial charge is 0.497 e. The predicted molar refractivity (Wildman–Crippen MR) is 120 cm³/mol. The molecule has 0 bridgehead atoms. The highest BCUT2D eigenvalue weighted by atomic mass is 127. The van der Waals surface area contributed by atoms with Crippen LogP contribution in [-0.4, -0.2) is 31.8 Å². The number of nitrogens with zero attached hydrogens (tertiary/aromatic N) is 2. The molecule has 27 heavy (non-hydrogen) atoms. The Balaban J connectivity index is 0.00000364. The van der Waals surface area contributed by atoms with E-state index in [4.69, 9.17) is 9.26 Å². The smallest absolute Gasteiger partial charge is 0.191 e. The number of aromatic nitrogens is 1. The van der Waals surface area contributed by atoms with E-state index < -0.39 is 0 Å². The first-order chi connectivity index (χ1) is 12.7. The molecule has 2 rings (SSSR count). The highest BCUT2D eigenvalue weighted by Crippen LogP contribution is 2.15. The zero-order valence-corrected chi connectivity index (χ0v) is 19.0. The Labute approximate surface area is 179 Å². The van der Waals surface area contributed by atoms with Gasteiger partial charge < -0.3 is 19.9 Å². The van der Waals surface area contributed by atoms with Gasteiger partial charge in [0.25, 0.3) is 0 Å². The predicted octanol–water partition coefficient (Wildman–Crippen LogP) is 3.72. The topological polar surface area (TPSA) is 71.7 Å². The van der Waals surface area contributed by atoms with Gasteiger partial charge in [-0.25, -0.2) is 0 Å². The van der Waals surface area contributed by atoms with Crippen molar-refractivity contribution in [3.8, 4) is 5.75 Å². The fourth-order valence-electron chi connectivity index (χ4n) is 2.86. The van der Waals surface area contributed by atoms with E-state index >= 15 is 0 Å². The SMILES string of the molecule is CCc1noc(CC)c1CNC(=NC)NCCCc1cccc(OC)c1.I. The molecule has 0 unspecified atom stereocenters. The van der Waals surface area contributed by atoms with Gasteiger partial charge in [0.2, 0.25) is 0 Å². The van der Waals surface area contributed by atoms with Crippen LogP contribution in [0.5, 0.6) is 5.75 Å². The maximum Gasteiger partial charge on any atom is 0.191 e. The molecule has 0 aliphatic carbocycles. The molecular weight excluding hydrogens is 455 g/mol. The van der Waals surface area contributed by atoms with E-state index in [2.05, 4.69) is 46.8 Å². The number of hydrogen-bond acceptors (Lipinski definition) is 4. The molecule has 0 amide bonds. The average Bonchev–Trinajstić information content (AvgIpc) is 3.09. The van der Waals surface area contributed by atoms with E-state index in [1.807, 2.05) is 12.1 Å². The lowest BCUT2D eigenvalue weighted by Gasteiger charge is -2.12. The van der Waals surface area contributed by atoms with E-state index in [0.717, 1.165) is 61.0 Å². The summed E-state index contributed by atoms with van der Waals surface area (Å²) >= 11 is 0. The standard InChI is InChI=1S/C20H30N4O2.HI/c1-5-18-17(19(6-2)26-24-18)14-23-20(21-3)22-12-8-10-15-9-7-11-16(13-15)25-4;/h7,9,11,13H,5-6,8,10,12,14H2,1-4H3,(H2,21,22,23);1H. The van der Waals surface area contributed by atoms with Crippen LogP contribution in [0.2, 0.25) is 0 Å². The molecule has 0 radical (unpaired) electrons. The Morgan fingerprint density at radius 3 is 2.70 bits per heavy atom. The lowest BCUT2D eigenvalue weighted by molar-refractivity contribution is 0.380. The molecule has 0 aliphatic heterocycles. The van der Waals surface area contributed by atoms with Gasteiger partial charge in [-0.15, -0.1) is 24.0 Å². The second kappa shape index (κ2) is 12.6. The number of halogens is 1. The van der Waals surface area contributed by atoms with Gasteiger partial charge in [-0.1, -0.05) is 31.1 Å². The zero-order chi connectivity index (χ0) is 18.8. The second-order valence-electron chi connectivity index (χ2n) is 6.05. The second-order valence-corrected chi connectivity index (χ2v) is 6.05. The molecule has 0 saturated carbocycles. The van der Waals surface area contributed by atoms with Gasteiger partial charge in [-0.05, 0) is 37.0 Å². The third-order valence-electron chi connectivity index (χ3n) is 4.33. The van der Waals surface area contributed by atoms with Crippen LogP contribution in [0, 0.1) is 0 Å². The third kappa shape index (κ3) is 7.04. The molecule has 1 heterocycles. The maximum absolute atomic E-state index is 5.41. The number of hydrogen-bond donors (Lipinski definition) is 2. The van der Waals surface area contributed by atoms with Gasteiger partial charge in [0.05, 0.1) is 12.8 Å². The molecule has 0 saturated heterocycles. The summed E-state index contributed by atoms with van der Waals surface area (Å²) in [5, 5.41) is 10.9. The van der Waals surface area contributed by atoms with Gasteiger partial charge in [0, 0.05) is 32.1 Å². The number of aryl methyl sites for hydroxylation is 3. The van der Waals surface area contributed by atoms with Crippen LogP contribution in [0.4, 0.5) is 0 Å². The van der Waals surface area contributed by atoms with Crippen LogP contribution in [0.15, 0.2) is 33.8 Å². The number of rotatable bonds is 9. The van der Waals surface area contributed by atoms with Crippen molar-refractivity contribution in [3.05, 3.63) is 46.8 Å². The summed E-state index contributed by atoms with van der Waals surface area (Å²) in [4.78, 5) is 4.29. The van der Waals surface area contributed by atoms with Crippen LogP contribution in [0.1, 0.15) is 42.8 Å². The van der Waals surface area contributed by atoms with Gasteiger partial charge >= 0.3 is 0 Å². The summed E-state index contributed by atoms with van der Waals surface area (Å²) in [7, 11) is 3.48. The van der Waals surface area contributed by atoms with Crippen LogP contribution in [0.25, 0.3) is 0 Å². The first-order valence-electron chi connectivity index (χ1n) is 9.25. The summed E-state index contributed by atoms with van der Waals surface area (Å²) in [5.41, 5.74) is 3.44. The van der Waals surface area contributed by atoms with E-state index in [-0.39, 0.29) is 24.0 Å². The fraction of sp³-hybridized carbons (Fsp3) is 0.500. The molecule has 1 aromatic heterocycles. The summed E-state index contributed by atoms with van der Waals surface area (Å²) < 4.78 is 10.7. The lowest BCUT2D eigenvalue weighted by atomic mass is 10.1. The van der Waals surface area contributed by atoms with Crippen molar-refractivity contribution >= 4 is 29.9 Å². The fourth-order valence-corrected chi connectivity index (χ4v) is 2.86. The van der Waals surface area contributed by atoms with Gasteiger partial charge in [0.15, 0.2) is 5.96 Å². The van der Waals surface area contributed by atoms with Gasteiger partial charge in [-0.3, -0.25) is 4.99 Å². The van der Waals surface area contributed by atoms with Crippen molar-refractivity contribution in [1.29, 1.82) is 0 Å². The molecule has 1 aromatic carbocycles. The normalized spacial score (nSPS) is 11.0. The van der Waals surface area contributed by atoms with Crippen molar-refractivity contribution in [2.45, 2.75) is 46.1 Å². The minimum absolute atomic E-state index is 0. The quantitative estimate of drug-likeness (QED) is 0.245. The minimum Gasteiger partial charge on any atom is -0.497 e. The molecule has 2 N–H and O–H groups in total. The number of benzene rings is 1. The molecule has 7 heteroatoms. The zero-order valence-electron chi connectivity index (χ0n) is 16.7. The number of aliphatic imine (C=N–C) groups is 1. The summed E-state index contributed by atoms with van der Waals surface area (Å²) in [6, 6.07) is 8.20. The summed E-state index contributed by atoms with van der Waals surface area (Å²) in [6.07, 6.45) is 3.72. The number of ether oxygens (including phenoxy) is 1. The van der Waals surface area contributed by atoms with Crippen molar-refractivity contribution in [3.63, 3.8) is 0 Å². The van der Waals surface area contributed by atoms with Crippen LogP contribution >= 0.6 is 24.0 Å². The van der Waals surface area contributed by atoms with Crippen molar-refractivity contribution in [2.24, 2.45) is 4.99 Å². The van der Waals surface area contributed by atoms with E-state index in [0.29, 0.717) is 6.54 Å². The highest BCUT2D eigenvalue weighted by molar-refractivity contribution is 14.0. The Hall–Kier alpha value is -1.77. The van der Waals surface area contributed by atoms with E-state index in [9.17, 15) is 0 Å². The first kappa shape index (κ1) is 23.3. The van der Waals surface area contributed by atoms with Crippen LogP contribution < -0.4 is 15.4 Å². The van der Waals surface area contributed by atoms with Crippen LogP contribution in [0.3, 0.4) is 0 Å². The number of guanidine groups is 1. The molecule has 6 nitrogen and oxygen atoms in total. The molecule has 0 fully saturated rings. The molecule has 0 spiro atoms. The first-order valence-corrected chi connectivity index (χ1v) is 9.25. The minimum atomic E-state index is 0. The Morgan fingerprint density at radius 1 is 1.22 bits per heavy atom. The number of nitrogens with one attached hydrogen (secondary N) is 2. The Bertz CT molecular complexity index is 694. The Kier molecular flexibility index (Phi) is 10.8. The van der Waals surface area contributed by atoms with E-state index in [1.54, 1.807) is 14.2 Å².